The predicted octanol–water partition coefficient (Wildman–Crippen LogP) is 2.83. The largest absolute Gasteiger partial charge is 0.294 e. The standard InChI is InChI=1S/C17H21FN4/c1-3-4-17-19-9-14-11-22(8-7-15(14)21-17)10-13-5-6-16(18)20-12(13)2/h5-6,9H,3-4,7-8,10-11H2,1-2H3. The number of hydrogen-bond acceptors (Lipinski definition) is 4. The molecule has 3 heterocycles. The Bertz CT molecular complexity index is 672. The van der Waals surface area contributed by atoms with Crippen LogP contribution in [-0.4, -0.2) is 26.4 Å². The summed E-state index contributed by atoms with van der Waals surface area (Å²) < 4.78 is 13.1. The number of aromatic nitrogens is 3. The van der Waals surface area contributed by atoms with Crippen molar-refractivity contribution < 1.29 is 4.39 Å². The third-order valence-corrected chi connectivity index (χ3v) is 4.09. The molecule has 1 aliphatic heterocycles. The summed E-state index contributed by atoms with van der Waals surface area (Å²) in [5, 5.41) is 0. The Kier molecular flexibility index (Phi) is 4.43. The van der Waals surface area contributed by atoms with E-state index in [-0.39, 0.29) is 0 Å². The van der Waals surface area contributed by atoms with Crippen LogP contribution in [0.4, 0.5) is 4.39 Å². The van der Waals surface area contributed by atoms with Gasteiger partial charge in [-0.25, -0.2) is 15.0 Å². The Morgan fingerprint density at radius 1 is 1.27 bits per heavy atom. The quantitative estimate of drug-likeness (QED) is 0.814. The van der Waals surface area contributed by atoms with Crippen LogP contribution in [0.15, 0.2) is 18.3 Å². The number of nitrogens with zero attached hydrogens (tertiary/aromatic N) is 4. The number of hydrogen-bond donors (Lipinski definition) is 0. The summed E-state index contributed by atoms with van der Waals surface area (Å²) in [4.78, 5) is 15.4. The molecule has 0 atom stereocenters. The Morgan fingerprint density at radius 3 is 2.91 bits per heavy atom. The summed E-state index contributed by atoms with van der Waals surface area (Å²) in [5.74, 6) is 0.537. The molecular formula is C17H21FN4. The molecule has 0 bridgehead atoms. The third-order valence-electron chi connectivity index (χ3n) is 4.09. The van der Waals surface area contributed by atoms with Gasteiger partial charge in [-0.2, -0.15) is 4.39 Å². The van der Waals surface area contributed by atoms with Crippen LogP contribution < -0.4 is 0 Å². The Balaban J connectivity index is 1.71. The molecular weight excluding hydrogens is 279 g/mol. The van der Waals surface area contributed by atoms with Crippen LogP contribution in [0.1, 0.15) is 41.7 Å². The lowest BCUT2D eigenvalue weighted by atomic mass is 10.1. The van der Waals surface area contributed by atoms with E-state index >= 15 is 0 Å². The van der Waals surface area contributed by atoms with Crippen LogP contribution >= 0.6 is 0 Å². The van der Waals surface area contributed by atoms with Gasteiger partial charge in [0.1, 0.15) is 5.82 Å². The Hall–Kier alpha value is -1.88. The van der Waals surface area contributed by atoms with Gasteiger partial charge < -0.3 is 0 Å². The van der Waals surface area contributed by atoms with Crippen molar-refractivity contribution in [3.05, 3.63) is 52.6 Å². The molecule has 0 spiro atoms. The second-order valence-corrected chi connectivity index (χ2v) is 5.85. The maximum Gasteiger partial charge on any atom is 0.213 e. The van der Waals surface area contributed by atoms with Crippen molar-refractivity contribution in [3.63, 3.8) is 0 Å². The van der Waals surface area contributed by atoms with Gasteiger partial charge in [-0.1, -0.05) is 13.0 Å². The van der Waals surface area contributed by atoms with Gasteiger partial charge in [0.2, 0.25) is 5.95 Å². The van der Waals surface area contributed by atoms with E-state index in [1.54, 1.807) is 0 Å². The fraction of sp³-hybridized carbons (Fsp3) is 0.471. The van der Waals surface area contributed by atoms with E-state index in [2.05, 4.69) is 26.8 Å². The van der Waals surface area contributed by atoms with Crippen LogP contribution in [0.3, 0.4) is 0 Å². The minimum absolute atomic E-state index is 0.415. The lowest BCUT2D eigenvalue weighted by Crippen LogP contribution is -2.31. The topological polar surface area (TPSA) is 41.9 Å². The van der Waals surface area contributed by atoms with Crippen molar-refractivity contribution in [1.29, 1.82) is 0 Å². The van der Waals surface area contributed by atoms with Crippen molar-refractivity contribution in [2.24, 2.45) is 0 Å². The lowest BCUT2D eigenvalue weighted by Gasteiger charge is -2.28. The SMILES string of the molecule is CCCc1ncc2c(n1)CCN(Cc1ccc(F)nc1C)C2. The van der Waals surface area contributed by atoms with Crippen molar-refractivity contribution >= 4 is 0 Å². The molecule has 0 fully saturated rings. The molecule has 0 amide bonds. The molecule has 1 aliphatic rings. The first kappa shape index (κ1) is 15.0. The summed E-state index contributed by atoms with van der Waals surface area (Å²) in [6.07, 6.45) is 4.93. The highest BCUT2D eigenvalue weighted by atomic mass is 19.1. The van der Waals surface area contributed by atoms with Crippen molar-refractivity contribution in [1.82, 2.24) is 19.9 Å². The van der Waals surface area contributed by atoms with Crippen molar-refractivity contribution in [2.75, 3.05) is 6.54 Å². The highest BCUT2D eigenvalue weighted by molar-refractivity contribution is 5.23. The molecule has 2 aromatic heterocycles. The van der Waals surface area contributed by atoms with Crippen LogP contribution in [-0.2, 0) is 25.9 Å². The average Bonchev–Trinajstić information content (AvgIpc) is 2.50. The van der Waals surface area contributed by atoms with E-state index in [0.29, 0.717) is 0 Å². The summed E-state index contributed by atoms with van der Waals surface area (Å²) in [6.45, 7) is 6.60. The highest BCUT2D eigenvalue weighted by Crippen LogP contribution is 2.19. The van der Waals surface area contributed by atoms with Crippen molar-refractivity contribution in [2.45, 2.75) is 46.2 Å². The molecule has 2 aromatic rings. The number of pyridine rings is 1. The molecule has 0 saturated heterocycles. The first-order valence-electron chi connectivity index (χ1n) is 7.83. The van der Waals surface area contributed by atoms with Gasteiger partial charge in [-0.3, -0.25) is 4.90 Å². The first-order valence-corrected chi connectivity index (χ1v) is 7.83. The van der Waals surface area contributed by atoms with Gasteiger partial charge in [0.25, 0.3) is 0 Å². The summed E-state index contributed by atoms with van der Waals surface area (Å²) >= 11 is 0. The van der Waals surface area contributed by atoms with Gasteiger partial charge in [-0.15, -0.1) is 0 Å². The van der Waals surface area contributed by atoms with Crippen molar-refractivity contribution in [3.8, 4) is 0 Å². The van der Waals surface area contributed by atoms with Crippen LogP contribution in [0.2, 0.25) is 0 Å². The molecule has 0 aliphatic carbocycles. The van der Waals surface area contributed by atoms with Crippen LogP contribution in [0, 0.1) is 12.9 Å². The molecule has 4 nitrogen and oxygen atoms in total. The summed E-state index contributed by atoms with van der Waals surface area (Å²) in [7, 11) is 0. The van der Waals surface area contributed by atoms with Crippen LogP contribution in [0.25, 0.3) is 0 Å². The number of rotatable bonds is 4. The highest BCUT2D eigenvalue weighted by Gasteiger charge is 2.19. The molecule has 0 unspecified atom stereocenters. The molecule has 0 N–H and O–H groups in total. The Morgan fingerprint density at radius 2 is 2.14 bits per heavy atom. The predicted molar refractivity (Wildman–Crippen MR) is 82.8 cm³/mol. The molecule has 5 heteroatoms. The second kappa shape index (κ2) is 6.48. The van der Waals surface area contributed by atoms with E-state index in [4.69, 9.17) is 0 Å². The van der Waals surface area contributed by atoms with Gasteiger partial charge in [-0.05, 0) is 25.0 Å². The molecule has 22 heavy (non-hydrogen) atoms. The minimum atomic E-state index is -0.415. The lowest BCUT2D eigenvalue weighted by molar-refractivity contribution is 0.241. The monoisotopic (exact) mass is 300 g/mol. The number of halogens is 1. The summed E-state index contributed by atoms with van der Waals surface area (Å²) in [5.41, 5.74) is 4.23. The maximum atomic E-state index is 13.1. The zero-order chi connectivity index (χ0) is 15.5. The fourth-order valence-electron chi connectivity index (χ4n) is 2.86. The molecule has 0 saturated carbocycles. The second-order valence-electron chi connectivity index (χ2n) is 5.85. The summed E-state index contributed by atoms with van der Waals surface area (Å²) in [6, 6.07) is 3.26. The van der Waals surface area contributed by atoms with E-state index in [9.17, 15) is 4.39 Å². The van der Waals surface area contributed by atoms with Crippen LogP contribution in [0.5, 0.6) is 0 Å². The van der Waals surface area contributed by atoms with Gasteiger partial charge in [0, 0.05) is 55.6 Å². The first-order chi connectivity index (χ1) is 10.7. The van der Waals surface area contributed by atoms with E-state index in [1.165, 1.54) is 17.3 Å². The van der Waals surface area contributed by atoms with Gasteiger partial charge in [0.15, 0.2) is 0 Å². The third kappa shape index (κ3) is 3.30. The zero-order valence-electron chi connectivity index (χ0n) is 13.1. The normalized spacial score (nSPS) is 14.9. The molecule has 0 aromatic carbocycles. The maximum absolute atomic E-state index is 13.1. The molecule has 0 radical (unpaired) electrons. The van der Waals surface area contributed by atoms with E-state index in [1.807, 2.05) is 19.2 Å². The molecule has 116 valence electrons. The Labute approximate surface area is 130 Å². The van der Waals surface area contributed by atoms with E-state index < -0.39 is 5.95 Å². The number of fused-ring (bicyclic) bond motifs is 1. The van der Waals surface area contributed by atoms with Gasteiger partial charge in [0.05, 0.1) is 0 Å². The fourth-order valence-corrected chi connectivity index (χ4v) is 2.86. The minimum Gasteiger partial charge on any atom is -0.294 e. The zero-order valence-corrected chi connectivity index (χ0v) is 13.1. The number of aryl methyl sites for hydroxylation is 2. The van der Waals surface area contributed by atoms with Gasteiger partial charge >= 0.3 is 0 Å². The molecule has 3 rings (SSSR count). The smallest absolute Gasteiger partial charge is 0.213 e. The van der Waals surface area contributed by atoms with E-state index in [0.717, 1.165) is 56.0 Å². The average molecular weight is 300 g/mol.